The highest BCUT2D eigenvalue weighted by atomic mass is 16.6. The summed E-state index contributed by atoms with van der Waals surface area (Å²) < 4.78 is 5.33. The number of carbonyl (C=O) groups is 2. The summed E-state index contributed by atoms with van der Waals surface area (Å²) in [5.41, 5.74) is 2.49. The van der Waals surface area contributed by atoms with Crippen molar-refractivity contribution in [3.8, 4) is 0 Å². The molecule has 0 radical (unpaired) electrons. The lowest BCUT2D eigenvalue weighted by Crippen LogP contribution is -2.55. The van der Waals surface area contributed by atoms with E-state index in [2.05, 4.69) is 13.8 Å². The number of nitrogens with zero attached hydrogens (tertiary/aromatic N) is 1. The van der Waals surface area contributed by atoms with Crippen molar-refractivity contribution in [3.05, 3.63) is 65.2 Å². The minimum absolute atomic E-state index is 0.0524. The molecule has 0 aromatic heterocycles. The maximum absolute atomic E-state index is 12.9. The third kappa shape index (κ3) is 3.48. The molecular weight excluding hydrogens is 338 g/mol. The normalized spacial score (nSPS) is 17.1. The number of anilines is 1. The lowest BCUT2D eigenvalue weighted by atomic mass is 9.70. The van der Waals surface area contributed by atoms with Gasteiger partial charge in [-0.25, -0.2) is 4.79 Å². The summed E-state index contributed by atoms with van der Waals surface area (Å²) in [5, 5.41) is 0. The number of rotatable bonds is 3. The number of ether oxygens (including phenoxy) is 1. The molecule has 0 fully saturated rings. The van der Waals surface area contributed by atoms with Gasteiger partial charge in [0, 0.05) is 16.7 Å². The predicted octanol–water partition coefficient (Wildman–Crippen LogP) is 5.34. The second-order valence-corrected chi connectivity index (χ2v) is 8.33. The molecule has 4 nitrogen and oxygen atoms in total. The Hall–Kier alpha value is -2.62. The van der Waals surface area contributed by atoms with E-state index >= 15 is 0 Å². The van der Waals surface area contributed by atoms with Crippen molar-refractivity contribution in [3.63, 3.8) is 0 Å². The van der Waals surface area contributed by atoms with Crippen molar-refractivity contribution in [2.45, 2.75) is 52.0 Å². The molecule has 0 spiro atoms. The summed E-state index contributed by atoms with van der Waals surface area (Å²) in [6, 6.07) is 14.9. The Morgan fingerprint density at radius 2 is 1.67 bits per heavy atom. The molecule has 0 unspecified atom stereocenters. The van der Waals surface area contributed by atoms with Gasteiger partial charge in [-0.2, -0.15) is 0 Å². The predicted molar refractivity (Wildman–Crippen MR) is 108 cm³/mol. The highest BCUT2D eigenvalue weighted by Gasteiger charge is 2.45. The van der Waals surface area contributed by atoms with Crippen LogP contribution < -0.4 is 4.90 Å². The van der Waals surface area contributed by atoms with Crippen molar-refractivity contribution in [2.75, 3.05) is 11.5 Å². The molecule has 1 heterocycles. The van der Waals surface area contributed by atoms with Crippen molar-refractivity contribution in [2.24, 2.45) is 0 Å². The lowest BCUT2D eigenvalue weighted by molar-refractivity contribution is 0.103. The number of ketones is 1. The molecule has 142 valence electrons. The summed E-state index contributed by atoms with van der Waals surface area (Å²) in [4.78, 5) is 27.4. The van der Waals surface area contributed by atoms with E-state index in [1.54, 1.807) is 24.0 Å². The summed E-state index contributed by atoms with van der Waals surface area (Å²) in [6.07, 6.45) is 0.432. The van der Waals surface area contributed by atoms with Crippen LogP contribution in [0, 0.1) is 0 Å². The average molecular weight is 365 g/mol. The Bertz CT molecular complexity index is 868. The molecule has 0 saturated carbocycles. The van der Waals surface area contributed by atoms with Crippen LogP contribution in [0.4, 0.5) is 10.5 Å². The van der Waals surface area contributed by atoms with Gasteiger partial charge in [0.15, 0.2) is 5.78 Å². The molecule has 0 N–H and O–H groups in total. The zero-order valence-corrected chi connectivity index (χ0v) is 16.7. The Kier molecular flexibility index (Phi) is 4.85. The molecular formula is C23H27NO3. The van der Waals surface area contributed by atoms with E-state index in [1.165, 1.54) is 0 Å². The first kappa shape index (κ1) is 19.2. The topological polar surface area (TPSA) is 46.6 Å². The van der Waals surface area contributed by atoms with Crippen molar-refractivity contribution < 1.29 is 14.3 Å². The second kappa shape index (κ2) is 6.84. The molecule has 27 heavy (non-hydrogen) atoms. The van der Waals surface area contributed by atoms with Crippen molar-refractivity contribution in [1.82, 2.24) is 0 Å². The van der Waals surface area contributed by atoms with Gasteiger partial charge in [0.05, 0.1) is 12.3 Å². The van der Waals surface area contributed by atoms with Gasteiger partial charge in [0.2, 0.25) is 0 Å². The number of benzene rings is 2. The van der Waals surface area contributed by atoms with Gasteiger partial charge in [-0.1, -0.05) is 56.3 Å². The van der Waals surface area contributed by atoms with Crippen LogP contribution in [0.2, 0.25) is 0 Å². The molecule has 3 rings (SSSR count). The number of fused-ring (bicyclic) bond motifs is 1. The smallest absolute Gasteiger partial charge is 0.414 e. The summed E-state index contributed by atoms with van der Waals surface area (Å²) in [5.74, 6) is -0.0524. The first-order valence-corrected chi connectivity index (χ1v) is 9.38. The summed E-state index contributed by atoms with van der Waals surface area (Å²) in [6.45, 7) is 10.5. The Balaban J connectivity index is 2.14. The first-order chi connectivity index (χ1) is 12.7. The second-order valence-electron chi connectivity index (χ2n) is 8.33. The third-order valence-electron chi connectivity index (χ3n) is 5.20. The third-order valence-corrected chi connectivity index (χ3v) is 5.20. The van der Waals surface area contributed by atoms with Gasteiger partial charge in [-0.05, 0) is 44.2 Å². The summed E-state index contributed by atoms with van der Waals surface area (Å²) >= 11 is 0. The van der Waals surface area contributed by atoms with Crippen LogP contribution in [0.3, 0.4) is 0 Å². The molecule has 0 bridgehead atoms. The lowest BCUT2D eigenvalue weighted by Gasteiger charge is -2.49. The van der Waals surface area contributed by atoms with E-state index in [0.717, 1.165) is 17.7 Å². The van der Waals surface area contributed by atoms with E-state index in [1.807, 2.05) is 50.2 Å². The van der Waals surface area contributed by atoms with Gasteiger partial charge >= 0.3 is 6.09 Å². The molecule has 0 aliphatic carbocycles. The minimum atomic E-state index is -0.419. The van der Waals surface area contributed by atoms with Crippen LogP contribution >= 0.6 is 0 Å². The van der Waals surface area contributed by atoms with Crippen LogP contribution in [-0.2, 0) is 10.2 Å². The van der Waals surface area contributed by atoms with Gasteiger partial charge in [-0.3, -0.25) is 9.69 Å². The Morgan fingerprint density at radius 3 is 2.30 bits per heavy atom. The molecule has 0 saturated heterocycles. The molecule has 1 aliphatic rings. The van der Waals surface area contributed by atoms with E-state index in [9.17, 15) is 9.59 Å². The highest BCUT2D eigenvalue weighted by Crippen LogP contribution is 2.47. The molecule has 1 aliphatic heterocycles. The average Bonchev–Trinajstić information content (AvgIpc) is 2.60. The van der Waals surface area contributed by atoms with Crippen LogP contribution in [0.5, 0.6) is 0 Å². The van der Waals surface area contributed by atoms with E-state index in [4.69, 9.17) is 4.74 Å². The zero-order chi connectivity index (χ0) is 19.8. The van der Waals surface area contributed by atoms with Gasteiger partial charge in [0.25, 0.3) is 0 Å². The number of hydrogen-bond donors (Lipinski definition) is 0. The van der Waals surface area contributed by atoms with E-state index < -0.39 is 5.54 Å². The largest absolute Gasteiger partial charge is 0.449 e. The van der Waals surface area contributed by atoms with Gasteiger partial charge in [-0.15, -0.1) is 0 Å². The van der Waals surface area contributed by atoms with Crippen LogP contribution in [0.1, 0.15) is 62.5 Å². The molecule has 1 amide bonds. The first-order valence-electron chi connectivity index (χ1n) is 9.38. The number of hydrogen-bond acceptors (Lipinski definition) is 3. The fraction of sp³-hybridized carbons (Fsp3) is 0.391. The van der Waals surface area contributed by atoms with Crippen LogP contribution in [0.25, 0.3) is 0 Å². The van der Waals surface area contributed by atoms with E-state index in [0.29, 0.717) is 17.7 Å². The molecule has 2 aromatic carbocycles. The Labute approximate surface area is 161 Å². The van der Waals surface area contributed by atoms with Gasteiger partial charge < -0.3 is 4.74 Å². The SMILES string of the molecule is CCOC(=O)N1c2cc(C(=O)c3ccccc3)ccc2C(C)(C)CC1(C)C. The van der Waals surface area contributed by atoms with Crippen molar-refractivity contribution >= 4 is 17.6 Å². The van der Waals surface area contributed by atoms with Crippen LogP contribution in [-0.4, -0.2) is 24.0 Å². The zero-order valence-electron chi connectivity index (χ0n) is 16.7. The number of carbonyl (C=O) groups excluding carboxylic acids is 2. The van der Waals surface area contributed by atoms with Crippen LogP contribution in [0.15, 0.2) is 48.5 Å². The molecule has 4 heteroatoms. The highest BCUT2D eigenvalue weighted by molar-refractivity contribution is 6.10. The monoisotopic (exact) mass is 365 g/mol. The fourth-order valence-corrected chi connectivity index (χ4v) is 4.30. The Morgan fingerprint density at radius 1 is 1.00 bits per heavy atom. The molecule has 0 atom stereocenters. The van der Waals surface area contributed by atoms with Crippen molar-refractivity contribution in [1.29, 1.82) is 0 Å². The minimum Gasteiger partial charge on any atom is -0.449 e. The molecule has 2 aromatic rings. The quantitative estimate of drug-likeness (QED) is 0.690. The summed E-state index contributed by atoms with van der Waals surface area (Å²) in [7, 11) is 0. The maximum Gasteiger partial charge on any atom is 0.414 e. The fourth-order valence-electron chi connectivity index (χ4n) is 4.30. The van der Waals surface area contributed by atoms with E-state index in [-0.39, 0.29) is 17.3 Å². The van der Waals surface area contributed by atoms with Gasteiger partial charge in [0.1, 0.15) is 0 Å². The standard InChI is InChI=1S/C23H27NO3/c1-6-27-21(26)24-19-14-17(20(25)16-10-8-7-9-11-16)12-13-18(19)22(2,3)15-23(24,4)5/h7-14H,6,15H2,1-5H3. The number of amides is 1. The maximum atomic E-state index is 12.9.